The van der Waals surface area contributed by atoms with Gasteiger partial charge in [0.2, 0.25) is 5.91 Å². The Hall–Kier alpha value is -4.49. The van der Waals surface area contributed by atoms with E-state index in [1.165, 1.54) is 6.33 Å². The van der Waals surface area contributed by atoms with Crippen molar-refractivity contribution in [1.82, 2.24) is 20.3 Å². The lowest BCUT2D eigenvalue weighted by molar-refractivity contribution is -0.118. The highest BCUT2D eigenvalue weighted by atomic mass is 32.2. The highest BCUT2D eigenvalue weighted by Gasteiger charge is 2.10. The lowest BCUT2D eigenvalue weighted by atomic mass is 10.1. The molecule has 0 radical (unpaired) electrons. The van der Waals surface area contributed by atoms with Gasteiger partial charge in [-0.05, 0) is 61.0 Å². The van der Waals surface area contributed by atoms with E-state index in [0.29, 0.717) is 17.1 Å². The van der Waals surface area contributed by atoms with E-state index in [-0.39, 0.29) is 6.54 Å². The van der Waals surface area contributed by atoms with Gasteiger partial charge < -0.3 is 15.4 Å². The van der Waals surface area contributed by atoms with Crippen LogP contribution in [0.5, 0.6) is 11.5 Å². The van der Waals surface area contributed by atoms with E-state index in [4.69, 9.17) is 4.74 Å². The average Bonchev–Trinajstić information content (AvgIpc) is 2.83. The van der Waals surface area contributed by atoms with E-state index in [1.54, 1.807) is 12.4 Å². The van der Waals surface area contributed by atoms with Gasteiger partial charge in [0.05, 0.1) is 18.3 Å². The number of sulfone groups is 1. The number of anilines is 2. The van der Waals surface area contributed by atoms with Gasteiger partial charge in [0, 0.05) is 29.1 Å². The summed E-state index contributed by atoms with van der Waals surface area (Å²) in [5.74, 6) is 6.65. The molecule has 10 heteroatoms. The molecule has 0 spiro atoms. The van der Waals surface area contributed by atoms with Crippen molar-refractivity contribution < 1.29 is 17.9 Å². The Bertz CT molecular complexity index is 1580. The number of amides is 1. The number of carbonyl (C=O) groups excluding carboxylic acids is 1. The van der Waals surface area contributed by atoms with Crippen molar-refractivity contribution in [1.29, 1.82) is 0 Å². The molecular weight excluding hydrogens is 478 g/mol. The third-order valence-electron chi connectivity index (χ3n) is 4.94. The van der Waals surface area contributed by atoms with Gasteiger partial charge in [-0.2, -0.15) is 0 Å². The molecule has 0 aliphatic carbocycles. The zero-order chi connectivity index (χ0) is 25.5. The topological polar surface area (TPSA) is 123 Å². The summed E-state index contributed by atoms with van der Waals surface area (Å²) < 4.78 is 28.2. The number of fused-ring (bicyclic) bond motifs is 1. The molecule has 1 amide bonds. The Kier molecular flexibility index (Phi) is 7.42. The number of aryl methyl sites for hydroxylation is 1. The molecule has 4 rings (SSSR count). The first-order chi connectivity index (χ1) is 17.3. The average molecular weight is 502 g/mol. The van der Waals surface area contributed by atoms with Crippen LogP contribution in [0.15, 0.2) is 67.3 Å². The minimum atomic E-state index is -3.38. The number of ether oxygens (including phenoxy) is 1. The molecule has 4 aromatic rings. The van der Waals surface area contributed by atoms with Crippen LogP contribution in [0.4, 0.5) is 11.5 Å². The summed E-state index contributed by atoms with van der Waals surface area (Å²) in [7, 11) is -3.38. The summed E-state index contributed by atoms with van der Waals surface area (Å²) in [5.41, 5.74) is 3.21. The molecule has 0 fully saturated rings. The standard InChI is InChI=1S/C26H23N5O4S/c1-18-13-20(8-10-24(18)35-21-6-4-11-27-15-21)31-26-22-14-19(7-9-23(22)29-17-30-26)5-3-12-28-25(32)16-36(2,33)34/h4,6-11,13-15,17H,12,16H2,1-2H3,(H,28,32)(H,29,30,31). The monoisotopic (exact) mass is 501 g/mol. The smallest absolute Gasteiger partial charge is 0.235 e. The first kappa shape index (κ1) is 24.6. The second-order valence-corrected chi connectivity index (χ2v) is 10.1. The summed E-state index contributed by atoms with van der Waals surface area (Å²) in [6.07, 6.45) is 5.84. The number of benzene rings is 2. The maximum Gasteiger partial charge on any atom is 0.235 e. The van der Waals surface area contributed by atoms with Crippen molar-refractivity contribution >= 4 is 38.2 Å². The molecule has 0 aliphatic heterocycles. The summed E-state index contributed by atoms with van der Waals surface area (Å²) >= 11 is 0. The number of rotatable bonds is 7. The minimum Gasteiger partial charge on any atom is -0.455 e. The number of nitrogens with zero attached hydrogens (tertiary/aromatic N) is 3. The van der Waals surface area contributed by atoms with E-state index < -0.39 is 21.5 Å². The van der Waals surface area contributed by atoms with Crippen molar-refractivity contribution in [3.8, 4) is 23.3 Å². The van der Waals surface area contributed by atoms with Gasteiger partial charge in [-0.1, -0.05) is 11.8 Å². The molecule has 2 aromatic heterocycles. The lowest BCUT2D eigenvalue weighted by Gasteiger charge is -2.12. The Balaban J connectivity index is 1.49. The first-order valence-corrected chi connectivity index (χ1v) is 13.0. The van der Waals surface area contributed by atoms with Crippen LogP contribution in [0, 0.1) is 18.8 Å². The number of hydrogen-bond acceptors (Lipinski definition) is 8. The maximum absolute atomic E-state index is 11.6. The molecular formula is C26H23N5O4S. The van der Waals surface area contributed by atoms with Crippen LogP contribution < -0.4 is 15.4 Å². The van der Waals surface area contributed by atoms with Crippen LogP contribution in [0.25, 0.3) is 10.9 Å². The number of hydrogen-bond donors (Lipinski definition) is 2. The molecule has 0 bridgehead atoms. The number of pyridine rings is 1. The van der Waals surface area contributed by atoms with E-state index in [9.17, 15) is 13.2 Å². The molecule has 0 unspecified atom stereocenters. The molecule has 2 N–H and O–H groups in total. The molecule has 36 heavy (non-hydrogen) atoms. The predicted octanol–water partition coefficient (Wildman–Crippen LogP) is 3.38. The van der Waals surface area contributed by atoms with Gasteiger partial charge in [0.1, 0.15) is 29.4 Å². The molecule has 9 nitrogen and oxygen atoms in total. The van der Waals surface area contributed by atoms with Crippen LogP contribution in [0.3, 0.4) is 0 Å². The van der Waals surface area contributed by atoms with E-state index in [1.807, 2.05) is 55.5 Å². The largest absolute Gasteiger partial charge is 0.455 e. The summed E-state index contributed by atoms with van der Waals surface area (Å²) in [4.78, 5) is 24.4. The van der Waals surface area contributed by atoms with Gasteiger partial charge in [0.25, 0.3) is 0 Å². The van der Waals surface area contributed by atoms with Gasteiger partial charge in [0.15, 0.2) is 9.84 Å². The lowest BCUT2D eigenvalue weighted by Crippen LogP contribution is -2.30. The van der Waals surface area contributed by atoms with Crippen molar-refractivity contribution in [2.75, 3.05) is 23.9 Å². The van der Waals surface area contributed by atoms with Crippen molar-refractivity contribution in [2.45, 2.75) is 6.92 Å². The highest BCUT2D eigenvalue weighted by Crippen LogP contribution is 2.29. The molecule has 0 aliphatic rings. The first-order valence-electron chi connectivity index (χ1n) is 10.9. The van der Waals surface area contributed by atoms with Crippen LogP contribution in [-0.4, -0.2) is 47.8 Å². The van der Waals surface area contributed by atoms with E-state index in [0.717, 1.165) is 34.2 Å². The minimum absolute atomic E-state index is 0.0372. The predicted molar refractivity (Wildman–Crippen MR) is 138 cm³/mol. The number of carbonyl (C=O) groups is 1. The summed E-state index contributed by atoms with van der Waals surface area (Å²) in [5, 5.41) is 6.58. The van der Waals surface area contributed by atoms with Crippen molar-refractivity contribution in [2.24, 2.45) is 0 Å². The van der Waals surface area contributed by atoms with Crippen molar-refractivity contribution in [3.05, 3.63) is 78.4 Å². The van der Waals surface area contributed by atoms with Crippen LogP contribution >= 0.6 is 0 Å². The van der Waals surface area contributed by atoms with Crippen LogP contribution in [0.1, 0.15) is 11.1 Å². The fraction of sp³-hybridized carbons (Fsp3) is 0.154. The molecule has 182 valence electrons. The van der Waals surface area contributed by atoms with Crippen LogP contribution in [0.2, 0.25) is 0 Å². The summed E-state index contributed by atoms with van der Waals surface area (Å²) in [6, 6.07) is 14.9. The Morgan fingerprint density at radius 2 is 1.97 bits per heavy atom. The zero-order valence-corrected chi connectivity index (χ0v) is 20.5. The van der Waals surface area contributed by atoms with Gasteiger partial charge >= 0.3 is 0 Å². The van der Waals surface area contributed by atoms with Gasteiger partial charge in [-0.3, -0.25) is 9.78 Å². The molecule has 0 atom stereocenters. The van der Waals surface area contributed by atoms with Gasteiger partial charge in [-0.25, -0.2) is 18.4 Å². The van der Waals surface area contributed by atoms with E-state index >= 15 is 0 Å². The van der Waals surface area contributed by atoms with Gasteiger partial charge in [-0.15, -0.1) is 0 Å². The fourth-order valence-electron chi connectivity index (χ4n) is 3.33. The van der Waals surface area contributed by atoms with E-state index in [2.05, 4.69) is 37.4 Å². The SMILES string of the molecule is Cc1cc(Nc2ncnc3ccc(C#CCNC(=O)CS(C)(=O)=O)cc23)ccc1Oc1cccnc1. The zero-order valence-electron chi connectivity index (χ0n) is 19.6. The third kappa shape index (κ3) is 6.77. The number of nitrogens with one attached hydrogen (secondary N) is 2. The quantitative estimate of drug-likeness (QED) is 0.370. The molecule has 0 saturated carbocycles. The number of aromatic nitrogens is 3. The Morgan fingerprint density at radius 1 is 1.11 bits per heavy atom. The van der Waals surface area contributed by atoms with Crippen molar-refractivity contribution in [3.63, 3.8) is 0 Å². The highest BCUT2D eigenvalue weighted by molar-refractivity contribution is 7.91. The normalized spacial score (nSPS) is 10.8. The Morgan fingerprint density at radius 3 is 2.72 bits per heavy atom. The van der Waals surface area contributed by atoms with Crippen LogP contribution in [-0.2, 0) is 14.6 Å². The second-order valence-electron chi connectivity index (χ2n) is 8.00. The summed E-state index contributed by atoms with van der Waals surface area (Å²) in [6.45, 7) is 1.99. The molecule has 2 aromatic carbocycles. The fourth-order valence-corrected chi connectivity index (χ4v) is 3.90. The molecule has 0 saturated heterocycles. The Labute approximate surface area is 208 Å². The maximum atomic E-state index is 11.6. The third-order valence-corrected chi connectivity index (χ3v) is 5.72. The molecule has 2 heterocycles. The second kappa shape index (κ2) is 10.8.